The summed E-state index contributed by atoms with van der Waals surface area (Å²) in [6, 6.07) is 4.09. The van der Waals surface area contributed by atoms with Gasteiger partial charge in [0.2, 0.25) is 0 Å². The summed E-state index contributed by atoms with van der Waals surface area (Å²) in [5, 5.41) is 2.04. The first-order chi connectivity index (χ1) is 8.27. The lowest BCUT2D eigenvalue weighted by Crippen LogP contribution is -2.29. The van der Waals surface area contributed by atoms with Crippen molar-refractivity contribution in [3.8, 4) is 0 Å². The standard InChI is InChI=1S/C12H13N3OS/c1-15(7-4-10-3-2-8-17-10)12(16)11-9-13-5-6-14-11/h2-3,5-6,8-9H,4,7H2,1H3. The molecule has 0 saturated heterocycles. The van der Waals surface area contributed by atoms with E-state index in [-0.39, 0.29) is 5.91 Å². The van der Waals surface area contributed by atoms with Crippen LogP contribution in [-0.2, 0) is 6.42 Å². The van der Waals surface area contributed by atoms with Crippen molar-refractivity contribution < 1.29 is 4.79 Å². The topological polar surface area (TPSA) is 46.1 Å². The average Bonchev–Trinajstić information content (AvgIpc) is 2.89. The minimum absolute atomic E-state index is 0.0883. The maximum Gasteiger partial charge on any atom is 0.273 e. The monoisotopic (exact) mass is 247 g/mol. The van der Waals surface area contributed by atoms with Crippen LogP contribution < -0.4 is 0 Å². The highest BCUT2D eigenvalue weighted by molar-refractivity contribution is 7.09. The zero-order valence-electron chi connectivity index (χ0n) is 9.54. The van der Waals surface area contributed by atoms with Gasteiger partial charge >= 0.3 is 0 Å². The van der Waals surface area contributed by atoms with Crippen LogP contribution in [0.2, 0.25) is 0 Å². The third-order valence-corrected chi connectivity index (χ3v) is 3.34. The van der Waals surface area contributed by atoms with Gasteiger partial charge in [-0.2, -0.15) is 0 Å². The molecule has 2 aromatic heterocycles. The summed E-state index contributed by atoms with van der Waals surface area (Å²) in [6.45, 7) is 0.690. The Hall–Kier alpha value is -1.75. The molecule has 0 atom stereocenters. The highest BCUT2D eigenvalue weighted by Crippen LogP contribution is 2.10. The second kappa shape index (κ2) is 5.54. The molecule has 0 aliphatic heterocycles. The number of thiophene rings is 1. The molecule has 4 nitrogen and oxygen atoms in total. The summed E-state index contributed by atoms with van der Waals surface area (Å²) >= 11 is 1.71. The molecule has 17 heavy (non-hydrogen) atoms. The summed E-state index contributed by atoms with van der Waals surface area (Å²) in [7, 11) is 1.78. The van der Waals surface area contributed by atoms with E-state index in [2.05, 4.69) is 16.0 Å². The van der Waals surface area contributed by atoms with Crippen molar-refractivity contribution in [2.45, 2.75) is 6.42 Å². The van der Waals surface area contributed by atoms with E-state index in [9.17, 15) is 4.79 Å². The van der Waals surface area contributed by atoms with Crippen molar-refractivity contribution in [3.63, 3.8) is 0 Å². The molecule has 0 bridgehead atoms. The Balaban J connectivity index is 1.92. The third-order valence-electron chi connectivity index (χ3n) is 2.40. The number of hydrogen-bond donors (Lipinski definition) is 0. The Labute approximate surface area is 104 Å². The van der Waals surface area contributed by atoms with E-state index in [0.717, 1.165) is 6.42 Å². The average molecular weight is 247 g/mol. The molecule has 0 saturated carbocycles. The number of rotatable bonds is 4. The lowest BCUT2D eigenvalue weighted by atomic mass is 10.3. The van der Waals surface area contributed by atoms with Gasteiger partial charge in [0.25, 0.3) is 5.91 Å². The van der Waals surface area contributed by atoms with E-state index in [1.807, 2.05) is 11.4 Å². The quantitative estimate of drug-likeness (QED) is 0.828. The fourth-order valence-electron chi connectivity index (χ4n) is 1.44. The summed E-state index contributed by atoms with van der Waals surface area (Å²) in [6.07, 6.45) is 5.45. The maximum atomic E-state index is 11.9. The molecule has 0 fully saturated rings. The summed E-state index contributed by atoms with van der Waals surface area (Å²) in [4.78, 5) is 22.8. The van der Waals surface area contributed by atoms with Crippen LogP contribution in [0.25, 0.3) is 0 Å². The van der Waals surface area contributed by atoms with Crippen molar-refractivity contribution >= 4 is 17.2 Å². The first-order valence-electron chi connectivity index (χ1n) is 5.31. The highest BCUT2D eigenvalue weighted by Gasteiger charge is 2.12. The normalized spacial score (nSPS) is 10.2. The first kappa shape index (κ1) is 11.7. The van der Waals surface area contributed by atoms with Crippen LogP contribution in [0.15, 0.2) is 36.1 Å². The van der Waals surface area contributed by atoms with Crippen LogP contribution >= 0.6 is 11.3 Å². The van der Waals surface area contributed by atoms with Gasteiger partial charge in [-0.15, -0.1) is 11.3 Å². The predicted molar refractivity (Wildman–Crippen MR) is 67.0 cm³/mol. The van der Waals surface area contributed by atoms with E-state index in [1.165, 1.54) is 17.3 Å². The molecular formula is C12H13N3OS. The lowest BCUT2D eigenvalue weighted by molar-refractivity contribution is 0.0790. The SMILES string of the molecule is CN(CCc1cccs1)C(=O)c1cnccn1. The van der Waals surface area contributed by atoms with Gasteiger partial charge in [-0.1, -0.05) is 6.07 Å². The molecule has 2 heterocycles. The van der Waals surface area contributed by atoms with Crippen LogP contribution in [0.1, 0.15) is 15.4 Å². The largest absolute Gasteiger partial charge is 0.340 e. The van der Waals surface area contributed by atoms with Crippen LogP contribution in [0.4, 0.5) is 0 Å². The number of likely N-dealkylation sites (N-methyl/N-ethyl adjacent to an activating group) is 1. The lowest BCUT2D eigenvalue weighted by Gasteiger charge is -2.15. The van der Waals surface area contributed by atoms with E-state index < -0.39 is 0 Å². The van der Waals surface area contributed by atoms with Gasteiger partial charge in [0.1, 0.15) is 5.69 Å². The molecule has 0 aliphatic rings. The molecule has 2 aromatic rings. The first-order valence-corrected chi connectivity index (χ1v) is 6.19. The van der Waals surface area contributed by atoms with Crippen LogP contribution in [0, 0.1) is 0 Å². The molecule has 0 aromatic carbocycles. The van der Waals surface area contributed by atoms with E-state index in [4.69, 9.17) is 0 Å². The minimum Gasteiger partial charge on any atom is -0.340 e. The number of nitrogens with zero attached hydrogens (tertiary/aromatic N) is 3. The summed E-state index contributed by atoms with van der Waals surface area (Å²) in [5.41, 5.74) is 0.390. The summed E-state index contributed by atoms with van der Waals surface area (Å²) in [5.74, 6) is -0.0883. The summed E-state index contributed by atoms with van der Waals surface area (Å²) < 4.78 is 0. The molecule has 2 rings (SSSR count). The van der Waals surface area contributed by atoms with Gasteiger partial charge in [-0.25, -0.2) is 4.98 Å². The van der Waals surface area contributed by atoms with Gasteiger partial charge in [0.05, 0.1) is 6.20 Å². The highest BCUT2D eigenvalue weighted by atomic mass is 32.1. The zero-order chi connectivity index (χ0) is 12.1. The van der Waals surface area contributed by atoms with Gasteiger partial charge in [0.15, 0.2) is 0 Å². The maximum absolute atomic E-state index is 11.9. The molecule has 88 valence electrons. The Bertz CT molecular complexity index is 470. The van der Waals surface area contributed by atoms with Crippen molar-refractivity contribution in [2.24, 2.45) is 0 Å². The number of hydrogen-bond acceptors (Lipinski definition) is 4. The van der Waals surface area contributed by atoms with E-state index in [1.54, 1.807) is 29.5 Å². The molecule has 5 heteroatoms. The number of carbonyl (C=O) groups excluding carboxylic acids is 1. The second-order valence-corrected chi connectivity index (χ2v) is 4.68. The van der Waals surface area contributed by atoms with Crippen molar-refractivity contribution in [1.82, 2.24) is 14.9 Å². The Morgan fingerprint density at radius 1 is 1.47 bits per heavy atom. The van der Waals surface area contributed by atoms with Crippen LogP contribution in [0.5, 0.6) is 0 Å². The van der Waals surface area contributed by atoms with Crippen LogP contribution in [0.3, 0.4) is 0 Å². The van der Waals surface area contributed by atoms with Gasteiger partial charge in [-0.3, -0.25) is 9.78 Å². The fourth-order valence-corrected chi connectivity index (χ4v) is 2.14. The van der Waals surface area contributed by atoms with Gasteiger partial charge < -0.3 is 4.90 Å². The van der Waals surface area contributed by atoms with Crippen molar-refractivity contribution in [3.05, 3.63) is 46.7 Å². The zero-order valence-corrected chi connectivity index (χ0v) is 10.4. The van der Waals surface area contributed by atoms with E-state index >= 15 is 0 Å². The molecule has 0 radical (unpaired) electrons. The van der Waals surface area contributed by atoms with E-state index in [0.29, 0.717) is 12.2 Å². The Kier molecular flexibility index (Phi) is 3.82. The predicted octanol–water partition coefficient (Wildman–Crippen LogP) is 1.85. The van der Waals surface area contributed by atoms with Crippen molar-refractivity contribution in [2.75, 3.05) is 13.6 Å². The smallest absolute Gasteiger partial charge is 0.273 e. The third kappa shape index (κ3) is 3.10. The second-order valence-electron chi connectivity index (χ2n) is 3.65. The molecule has 0 spiro atoms. The molecule has 1 amide bonds. The molecule has 0 unspecified atom stereocenters. The Morgan fingerprint density at radius 2 is 2.35 bits per heavy atom. The van der Waals surface area contributed by atoms with Gasteiger partial charge in [0, 0.05) is 30.9 Å². The number of amides is 1. The number of aromatic nitrogens is 2. The fraction of sp³-hybridized carbons (Fsp3) is 0.250. The van der Waals surface area contributed by atoms with Gasteiger partial charge in [-0.05, 0) is 17.9 Å². The Morgan fingerprint density at radius 3 is 3.00 bits per heavy atom. The minimum atomic E-state index is -0.0883. The van der Waals surface area contributed by atoms with Crippen molar-refractivity contribution in [1.29, 1.82) is 0 Å². The molecular weight excluding hydrogens is 234 g/mol. The van der Waals surface area contributed by atoms with Crippen LogP contribution in [-0.4, -0.2) is 34.4 Å². The number of carbonyl (C=O) groups is 1. The molecule has 0 N–H and O–H groups in total. The molecule has 0 aliphatic carbocycles.